The number of sulfonamides is 1. The van der Waals surface area contributed by atoms with Crippen molar-refractivity contribution in [3.05, 3.63) is 23.8 Å². The zero-order chi connectivity index (χ0) is 16.0. The number of amides is 1. The number of aryl methyl sites for hydroxylation is 1. The molecule has 0 bridgehead atoms. The maximum Gasteiger partial charge on any atom is 0.229 e. The Morgan fingerprint density at radius 1 is 1.36 bits per heavy atom. The minimum absolute atomic E-state index is 0. The lowest BCUT2D eigenvalue weighted by Gasteiger charge is -2.15. The van der Waals surface area contributed by atoms with Crippen molar-refractivity contribution >= 4 is 39.7 Å². The summed E-state index contributed by atoms with van der Waals surface area (Å²) in [7, 11) is -1.95. The Labute approximate surface area is 137 Å². The molecular weight excluding hydrogens is 330 g/mol. The molecule has 4 N–H and O–H groups in total. The number of rotatable bonds is 7. The fourth-order valence-electron chi connectivity index (χ4n) is 1.72. The van der Waals surface area contributed by atoms with E-state index in [1.54, 1.807) is 18.2 Å². The number of hydrogen-bond acceptors (Lipinski definition) is 5. The van der Waals surface area contributed by atoms with E-state index in [1.807, 2.05) is 6.92 Å². The lowest BCUT2D eigenvalue weighted by molar-refractivity contribution is -0.118. The van der Waals surface area contributed by atoms with E-state index in [0.29, 0.717) is 11.4 Å². The highest BCUT2D eigenvalue weighted by Crippen LogP contribution is 2.24. The lowest BCUT2D eigenvalue weighted by Crippen LogP contribution is -2.28. The number of ether oxygens (including phenoxy) is 1. The quantitative estimate of drug-likeness (QED) is 0.681. The average molecular weight is 352 g/mol. The van der Waals surface area contributed by atoms with Crippen LogP contribution in [0.25, 0.3) is 0 Å². The van der Waals surface area contributed by atoms with Crippen molar-refractivity contribution in [2.75, 3.05) is 29.9 Å². The molecule has 1 rings (SSSR count). The van der Waals surface area contributed by atoms with Crippen LogP contribution in [0.1, 0.15) is 12.0 Å². The number of benzene rings is 1. The SMILES string of the molecule is COC(CN)CC(=O)Nc1cc(C)ccc1NS(C)(=O)=O.Cl. The molecule has 0 radical (unpaired) electrons. The van der Waals surface area contributed by atoms with Gasteiger partial charge in [-0.1, -0.05) is 6.07 Å². The molecule has 22 heavy (non-hydrogen) atoms. The maximum atomic E-state index is 11.9. The smallest absolute Gasteiger partial charge is 0.229 e. The maximum absolute atomic E-state index is 11.9. The molecule has 9 heteroatoms. The summed E-state index contributed by atoms with van der Waals surface area (Å²) in [4.78, 5) is 11.9. The first kappa shape index (κ1) is 20.6. The molecule has 0 aliphatic rings. The molecule has 1 unspecified atom stereocenters. The molecule has 0 heterocycles. The first-order chi connectivity index (χ1) is 9.75. The third-order valence-electron chi connectivity index (χ3n) is 2.75. The largest absolute Gasteiger partial charge is 0.380 e. The van der Waals surface area contributed by atoms with Gasteiger partial charge in [-0.3, -0.25) is 9.52 Å². The minimum atomic E-state index is -3.43. The number of methoxy groups -OCH3 is 1. The molecule has 0 saturated heterocycles. The molecule has 0 aromatic heterocycles. The van der Waals surface area contributed by atoms with Crippen molar-refractivity contribution in [3.8, 4) is 0 Å². The second-order valence-corrected chi connectivity index (χ2v) is 6.52. The van der Waals surface area contributed by atoms with Gasteiger partial charge in [-0.2, -0.15) is 0 Å². The molecular formula is C13H22ClN3O4S. The Kier molecular flexibility index (Phi) is 8.39. The number of carbonyl (C=O) groups excluding carboxylic acids is 1. The van der Waals surface area contributed by atoms with Gasteiger partial charge >= 0.3 is 0 Å². The number of halogens is 1. The number of anilines is 2. The van der Waals surface area contributed by atoms with Gasteiger partial charge in [-0.25, -0.2) is 8.42 Å². The van der Waals surface area contributed by atoms with Crippen LogP contribution in [0.3, 0.4) is 0 Å². The summed E-state index contributed by atoms with van der Waals surface area (Å²) in [6.07, 6.45) is 0.772. The predicted molar refractivity (Wildman–Crippen MR) is 90.0 cm³/mol. The Morgan fingerprint density at radius 2 is 2.00 bits per heavy atom. The van der Waals surface area contributed by atoms with Crippen LogP contribution in [0.2, 0.25) is 0 Å². The molecule has 1 amide bonds. The third-order valence-corrected chi connectivity index (χ3v) is 3.34. The van der Waals surface area contributed by atoms with Gasteiger partial charge < -0.3 is 15.8 Å². The van der Waals surface area contributed by atoms with E-state index < -0.39 is 10.0 Å². The van der Waals surface area contributed by atoms with E-state index in [2.05, 4.69) is 10.0 Å². The molecule has 0 spiro atoms. The van der Waals surface area contributed by atoms with E-state index in [4.69, 9.17) is 10.5 Å². The molecule has 0 aliphatic heterocycles. The van der Waals surface area contributed by atoms with Crippen LogP contribution in [0, 0.1) is 6.92 Å². The first-order valence-corrected chi connectivity index (χ1v) is 8.25. The third kappa shape index (κ3) is 7.08. The zero-order valence-corrected chi connectivity index (χ0v) is 14.4. The van der Waals surface area contributed by atoms with E-state index in [-0.39, 0.29) is 37.4 Å². The monoisotopic (exact) mass is 351 g/mol. The van der Waals surface area contributed by atoms with Gasteiger partial charge in [0.05, 0.1) is 30.2 Å². The summed E-state index contributed by atoms with van der Waals surface area (Å²) in [5.74, 6) is -0.297. The van der Waals surface area contributed by atoms with E-state index >= 15 is 0 Å². The van der Waals surface area contributed by atoms with Gasteiger partial charge in [-0.15, -0.1) is 12.4 Å². The number of nitrogens with one attached hydrogen (secondary N) is 2. The summed E-state index contributed by atoms with van der Waals surface area (Å²) >= 11 is 0. The highest BCUT2D eigenvalue weighted by Gasteiger charge is 2.14. The Hall–Kier alpha value is -1.35. The summed E-state index contributed by atoms with van der Waals surface area (Å²) in [6, 6.07) is 5.04. The first-order valence-electron chi connectivity index (χ1n) is 6.36. The molecule has 1 atom stereocenters. The van der Waals surface area contributed by atoms with Crippen LogP contribution < -0.4 is 15.8 Å². The van der Waals surface area contributed by atoms with Crippen molar-refractivity contribution < 1.29 is 17.9 Å². The lowest BCUT2D eigenvalue weighted by atomic mass is 10.2. The standard InChI is InChI=1S/C13H21N3O4S.ClH/c1-9-4-5-11(16-21(3,18)19)12(6-9)15-13(17)7-10(8-14)20-2;/h4-6,10,16H,7-8,14H2,1-3H3,(H,15,17);1H. The van der Waals surface area contributed by atoms with Crippen molar-refractivity contribution in [3.63, 3.8) is 0 Å². The Morgan fingerprint density at radius 3 is 2.50 bits per heavy atom. The van der Waals surface area contributed by atoms with Crippen molar-refractivity contribution in [1.29, 1.82) is 0 Å². The molecule has 7 nitrogen and oxygen atoms in total. The van der Waals surface area contributed by atoms with Crippen LogP contribution in [-0.2, 0) is 19.6 Å². The Bertz CT molecular complexity index is 603. The van der Waals surface area contributed by atoms with Crippen molar-refractivity contribution in [1.82, 2.24) is 0 Å². The van der Waals surface area contributed by atoms with Crippen LogP contribution in [0.5, 0.6) is 0 Å². The van der Waals surface area contributed by atoms with Gasteiger partial charge in [0.15, 0.2) is 0 Å². The van der Waals surface area contributed by atoms with Crippen molar-refractivity contribution in [2.45, 2.75) is 19.4 Å². The van der Waals surface area contributed by atoms with E-state index in [1.165, 1.54) is 7.11 Å². The van der Waals surface area contributed by atoms with Gasteiger partial charge in [-0.05, 0) is 24.6 Å². The van der Waals surface area contributed by atoms with Gasteiger partial charge in [0.2, 0.25) is 15.9 Å². The number of carbonyl (C=O) groups is 1. The van der Waals surface area contributed by atoms with Crippen molar-refractivity contribution in [2.24, 2.45) is 5.73 Å². The van der Waals surface area contributed by atoms with Gasteiger partial charge in [0, 0.05) is 13.7 Å². The number of nitrogens with two attached hydrogens (primary N) is 1. The van der Waals surface area contributed by atoms with Crippen LogP contribution in [-0.4, -0.2) is 40.3 Å². The fraction of sp³-hybridized carbons (Fsp3) is 0.462. The molecule has 1 aromatic carbocycles. The fourth-order valence-corrected chi connectivity index (χ4v) is 2.30. The second kappa shape index (κ2) is 8.94. The van der Waals surface area contributed by atoms with Crippen LogP contribution in [0.15, 0.2) is 18.2 Å². The van der Waals surface area contributed by atoms with Crippen LogP contribution in [0.4, 0.5) is 11.4 Å². The molecule has 0 saturated carbocycles. The predicted octanol–water partition coefficient (Wildman–Crippen LogP) is 1.09. The molecule has 126 valence electrons. The van der Waals surface area contributed by atoms with Gasteiger partial charge in [0.25, 0.3) is 0 Å². The topological polar surface area (TPSA) is 111 Å². The average Bonchev–Trinajstić information content (AvgIpc) is 2.37. The minimum Gasteiger partial charge on any atom is -0.380 e. The molecule has 1 aromatic rings. The Balaban J connectivity index is 0.00000441. The normalized spacial score (nSPS) is 12.2. The summed E-state index contributed by atoms with van der Waals surface area (Å²) in [6.45, 7) is 2.07. The molecule has 0 aliphatic carbocycles. The van der Waals surface area contributed by atoms with Crippen LogP contribution >= 0.6 is 12.4 Å². The highest BCUT2D eigenvalue weighted by atomic mass is 35.5. The number of hydrogen-bond donors (Lipinski definition) is 3. The van der Waals surface area contributed by atoms with E-state index in [9.17, 15) is 13.2 Å². The highest BCUT2D eigenvalue weighted by molar-refractivity contribution is 7.92. The zero-order valence-electron chi connectivity index (χ0n) is 12.8. The summed E-state index contributed by atoms with van der Waals surface area (Å²) in [5, 5.41) is 2.67. The summed E-state index contributed by atoms with van der Waals surface area (Å²) < 4.78 is 30.1. The van der Waals surface area contributed by atoms with E-state index in [0.717, 1.165) is 11.8 Å². The van der Waals surface area contributed by atoms with Gasteiger partial charge in [0.1, 0.15) is 0 Å². The molecule has 0 fully saturated rings. The summed E-state index contributed by atoms with van der Waals surface area (Å²) in [5.41, 5.74) is 7.08. The second-order valence-electron chi connectivity index (χ2n) is 4.77.